The third kappa shape index (κ3) is 6.93. The van der Waals surface area contributed by atoms with E-state index in [4.69, 9.17) is 14.2 Å². The molecule has 26 heavy (non-hydrogen) atoms. The van der Waals surface area contributed by atoms with E-state index in [0.717, 1.165) is 22.6 Å². The van der Waals surface area contributed by atoms with Crippen LogP contribution in [0.1, 0.15) is 11.1 Å². The number of sulfonamides is 1. The summed E-state index contributed by atoms with van der Waals surface area (Å²) in [7, 11) is -1.83. The molecule has 0 aliphatic carbocycles. The van der Waals surface area contributed by atoms with E-state index in [1.807, 2.05) is 26.0 Å². The second-order valence-corrected chi connectivity index (χ2v) is 7.84. The minimum atomic E-state index is -3.42. The van der Waals surface area contributed by atoms with E-state index in [1.54, 1.807) is 31.4 Å². The molecule has 2 rings (SSSR count). The maximum absolute atomic E-state index is 12.0. The van der Waals surface area contributed by atoms with Crippen molar-refractivity contribution in [2.75, 3.05) is 32.6 Å². The molecule has 2 aromatic carbocycles. The van der Waals surface area contributed by atoms with Gasteiger partial charge in [-0.25, -0.2) is 13.1 Å². The van der Waals surface area contributed by atoms with Gasteiger partial charge in [0, 0.05) is 6.54 Å². The topological polar surface area (TPSA) is 73.9 Å². The number of hydrogen-bond donors (Lipinski definition) is 1. The second-order valence-electron chi connectivity index (χ2n) is 5.91. The van der Waals surface area contributed by atoms with Gasteiger partial charge in [-0.1, -0.05) is 6.07 Å². The lowest BCUT2D eigenvalue weighted by Gasteiger charge is -2.10. The molecule has 0 aliphatic rings. The first-order valence-electron chi connectivity index (χ1n) is 8.33. The fourth-order valence-electron chi connectivity index (χ4n) is 2.40. The summed E-state index contributed by atoms with van der Waals surface area (Å²) in [4.78, 5) is 0. The zero-order chi connectivity index (χ0) is 19.0. The average molecular weight is 379 g/mol. The van der Waals surface area contributed by atoms with E-state index in [9.17, 15) is 8.42 Å². The van der Waals surface area contributed by atoms with Crippen LogP contribution in [0.3, 0.4) is 0 Å². The van der Waals surface area contributed by atoms with Gasteiger partial charge in [0.15, 0.2) is 0 Å². The molecule has 0 fully saturated rings. The van der Waals surface area contributed by atoms with E-state index in [0.29, 0.717) is 5.75 Å². The smallest absolute Gasteiger partial charge is 0.215 e. The van der Waals surface area contributed by atoms with Crippen molar-refractivity contribution in [2.45, 2.75) is 13.8 Å². The zero-order valence-corrected chi connectivity index (χ0v) is 16.1. The summed E-state index contributed by atoms with van der Waals surface area (Å²) in [6.07, 6.45) is 0. The lowest BCUT2D eigenvalue weighted by molar-refractivity contribution is 0.320. The molecule has 0 saturated heterocycles. The van der Waals surface area contributed by atoms with Gasteiger partial charge < -0.3 is 14.2 Å². The molecule has 0 radical (unpaired) electrons. The fraction of sp³-hybridized carbons (Fsp3) is 0.368. The van der Waals surface area contributed by atoms with Crippen molar-refractivity contribution in [1.29, 1.82) is 0 Å². The average Bonchev–Trinajstić information content (AvgIpc) is 2.58. The highest BCUT2D eigenvalue weighted by Gasteiger charge is 2.10. The van der Waals surface area contributed by atoms with Gasteiger partial charge in [0.1, 0.15) is 30.5 Å². The molecule has 0 amide bonds. The molecule has 6 nitrogen and oxygen atoms in total. The maximum atomic E-state index is 12.0. The first-order valence-corrected chi connectivity index (χ1v) is 9.98. The minimum absolute atomic E-state index is 0.0690. The molecule has 0 heterocycles. The number of nitrogens with one attached hydrogen (secondary N) is 1. The van der Waals surface area contributed by atoms with Crippen molar-refractivity contribution >= 4 is 10.0 Å². The van der Waals surface area contributed by atoms with Crippen LogP contribution in [0, 0.1) is 13.8 Å². The van der Waals surface area contributed by atoms with Gasteiger partial charge in [0.05, 0.1) is 12.9 Å². The number of aryl methyl sites for hydroxylation is 2. The van der Waals surface area contributed by atoms with Crippen LogP contribution in [-0.4, -0.2) is 41.0 Å². The van der Waals surface area contributed by atoms with E-state index in [1.165, 1.54) is 0 Å². The SMILES string of the molecule is COc1ccc(OCCS(=O)(=O)NCCOc2cc(C)cc(C)c2)cc1. The molecule has 0 bridgehead atoms. The van der Waals surface area contributed by atoms with Gasteiger partial charge in [-0.05, 0) is 61.4 Å². The standard InChI is InChI=1S/C19H25NO5S/c1-15-12-16(2)14-19(13-15)24-9-8-20-26(21,22)11-10-25-18-6-4-17(23-3)5-7-18/h4-7,12-14,20H,8-11H2,1-3H3. The monoisotopic (exact) mass is 379 g/mol. The highest BCUT2D eigenvalue weighted by molar-refractivity contribution is 7.89. The molecule has 0 unspecified atom stereocenters. The second kappa shape index (κ2) is 9.45. The Bertz CT molecular complexity index is 783. The predicted octanol–water partition coefficient (Wildman–Crippen LogP) is 2.69. The predicted molar refractivity (Wildman–Crippen MR) is 102 cm³/mol. The summed E-state index contributed by atoms with van der Waals surface area (Å²) in [5, 5.41) is 0. The lowest BCUT2D eigenvalue weighted by Crippen LogP contribution is -2.32. The summed E-state index contributed by atoms with van der Waals surface area (Å²) in [5.74, 6) is 1.93. The van der Waals surface area contributed by atoms with E-state index < -0.39 is 10.0 Å². The van der Waals surface area contributed by atoms with Gasteiger partial charge in [-0.2, -0.15) is 0 Å². The van der Waals surface area contributed by atoms with E-state index in [-0.39, 0.29) is 25.5 Å². The van der Waals surface area contributed by atoms with Crippen molar-refractivity contribution in [1.82, 2.24) is 4.72 Å². The number of benzene rings is 2. The molecule has 0 saturated carbocycles. The molecule has 0 spiro atoms. The largest absolute Gasteiger partial charge is 0.497 e. The fourth-order valence-corrected chi connectivity index (χ4v) is 3.24. The molecule has 0 aromatic heterocycles. The van der Waals surface area contributed by atoms with Crippen LogP contribution in [0.5, 0.6) is 17.2 Å². The van der Waals surface area contributed by atoms with Crippen LogP contribution in [0.4, 0.5) is 0 Å². The normalized spacial score (nSPS) is 11.2. The number of methoxy groups -OCH3 is 1. The van der Waals surface area contributed by atoms with Crippen molar-refractivity contribution < 1.29 is 22.6 Å². The Hall–Kier alpha value is -2.25. The van der Waals surface area contributed by atoms with Crippen LogP contribution >= 0.6 is 0 Å². The first-order chi connectivity index (χ1) is 12.4. The van der Waals surface area contributed by atoms with Crippen LogP contribution < -0.4 is 18.9 Å². The minimum Gasteiger partial charge on any atom is -0.497 e. The molecular weight excluding hydrogens is 354 g/mol. The molecule has 0 atom stereocenters. The quantitative estimate of drug-likeness (QED) is 0.643. The molecule has 7 heteroatoms. The number of hydrogen-bond acceptors (Lipinski definition) is 5. The molecule has 0 aliphatic heterocycles. The van der Waals surface area contributed by atoms with Crippen molar-refractivity contribution in [3.8, 4) is 17.2 Å². The summed E-state index contributed by atoms with van der Waals surface area (Å²) < 4.78 is 42.5. The highest BCUT2D eigenvalue weighted by Crippen LogP contribution is 2.17. The zero-order valence-electron chi connectivity index (χ0n) is 15.3. The van der Waals surface area contributed by atoms with Crippen LogP contribution in [0.15, 0.2) is 42.5 Å². The molecule has 142 valence electrons. The molecular formula is C19H25NO5S. The lowest BCUT2D eigenvalue weighted by atomic mass is 10.1. The summed E-state index contributed by atoms with van der Waals surface area (Å²) in [6.45, 7) is 4.52. The Kier molecular flexibility index (Phi) is 7.29. The molecule has 1 N–H and O–H groups in total. The Morgan fingerprint density at radius 1 is 0.846 bits per heavy atom. The van der Waals surface area contributed by atoms with Crippen LogP contribution in [0.25, 0.3) is 0 Å². The third-order valence-electron chi connectivity index (χ3n) is 3.57. The Morgan fingerprint density at radius 2 is 1.42 bits per heavy atom. The Morgan fingerprint density at radius 3 is 2.04 bits per heavy atom. The van der Waals surface area contributed by atoms with Crippen molar-refractivity contribution in [3.63, 3.8) is 0 Å². The van der Waals surface area contributed by atoms with Gasteiger partial charge in [0.25, 0.3) is 0 Å². The van der Waals surface area contributed by atoms with Crippen LogP contribution in [0.2, 0.25) is 0 Å². The maximum Gasteiger partial charge on any atom is 0.215 e. The Balaban J connectivity index is 1.69. The van der Waals surface area contributed by atoms with Gasteiger partial charge >= 0.3 is 0 Å². The van der Waals surface area contributed by atoms with Crippen molar-refractivity contribution in [3.05, 3.63) is 53.6 Å². The Labute approximate surface area is 155 Å². The van der Waals surface area contributed by atoms with Gasteiger partial charge in [-0.15, -0.1) is 0 Å². The van der Waals surface area contributed by atoms with Crippen molar-refractivity contribution in [2.24, 2.45) is 0 Å². The van der Waals surface area contributed by atoms with Gasteiger partial charge in [0.2, 0.25) is 10.0 Å². The van der Waals surface area contributed by atoms with Gasteiger partial charge in [-0.3, -0.25) is 0 Å². The highest BCUT2D eigenvalue weighted by atomic mass is 32.2. The first kappa shape index (κ1) is 20.1. The summed E-state index contributed by atoms with van der Waals surface area (Å²) in [6, 6.07) is 12.9. The van der Waals surface area contributed by atoms with E-state index in [2.05, 4.69) is 10.8 Å². The number of rotatable bonds is 10. The van der Waals surface area contributed by atoms with Crippen LogP contribution in [-0.2, 0) is 10.0 Å². The summed E-state index contributed by atoms with van der Waals surface area (Å²) in [5.41, 5.74) is 2.22. The number of ether oxygens (including phenoxy) is 3. The molecule has 2 aromatic rings. The van der Waals surface area contributed by atoms with E-state index >= 15 is 0 Å². The third-order valence-corrected chi connectivity index (χ3v) is 4.92. The summed E-state index contributed by atoms with van der Waals surface area (Å²) >= 11 is 0.